The molecule has 0 saturated carbocycles. The first kappa shape index (κ1) is 13.4. The van der Waals surface area contributed by atoms with Crippen molar-refractivity contribution in [2.75, 3.05) is 19.6 Å². The maximum absolute atomic E-state index is 12.5. The first-order valence-electron chi connectivity index (χ1n) is 7.58. The zero-order valence-electron chi connectivity index (χ0n) is 12.4. The Labute approximate surface area is 128 Å². The summed E-state index contributed by atoms with van der Waals surface area (Å²) in [5, 5.41) is 3.96. The molecule has 4 heterocycles. The largest absolute Gasteiger partial charge is 0.461 e. The molecule has 4 rings (SSSR count). The Kier molecular flexibility index (Phi) is 3.12. The van der Waals surface area contributed by atoms with Gasteiger partial charge in [-0.05, 0) is 31.9 Å². The Hall–Kier alpha value is -2.32. The number of hydrogen-bond donors (Lipinski definition) is 1. The van der Waals surface area contributed by atoms with E-state index in [-0.39, 0.29) is 11.9 Å². The molecule has 2 aliphatic heterocycles. The normalized spacial score (nSPS) is 26.0. The first-order chi connectivity index (χ1) is 10.7. The fourth-order valence-corrected chi connectivity index (χ4v) is 3.48. The van der Waals surface area contributed by atoms with E-state index >= 15 is 0 Å². The van der Waals surface area contributed by atoms with E-state index in [4.69, 9.17) is 4.42 Å². The van der Waals surface area contributed by atoms with Gasteiger partial charge in [0.1, 0.15) is 12.0 Å². The lowest BCUT2D eigenvalue weighted by molar-refractivity contribution is 0.0919. The number of amides is 1. The molecule has 2 fully saturated rings. The van der Waals surface area contributed by atoms with Crippen LogP contribution in [0.1, 0.15) is 29.4 Å². The fraction of sp³-hybridized carbons (Fsp3) is 0.412. The minimum absolute atomic E-state index is 0.114. The lowest BCUT2D eigenvalue weighted by atomic mass is 10.00. The van der Waals surface area contributed by atoms with E-state index in [2.05, 4.69) is 27.0 Å². The predicted molar refractivity (Wildman–Crippen MR) is 82.4 cm³/mol. The summed E-state index contributed by atoms with van der Waals surface area (Å²) >= 11 is 0. The Balaban J connectivity index is 1.58. The van der Waals surface area contributed by atoms with Gasteiger partial charge in [-0.15, -0.1) is 5.92 Å². The quantitative estimate of drug-likeness (QED) is 0.856. The maximum Gasteiger partial charge on any atom is 0.270 e. The Morgan fingerprint density at radius 1 is 1.50 bits per heavy atom. The van der Waals surface area contributed by atoms with Gasteiger partial charge >= 0.3 is 0 Å². The molecule has 2 bridgehead atoms. The van der Waals surface area contributed by atoms with Gasteiger partial charge in [-0.2, -0.15) is 0 Å². The van der Waals surface area contributed by atoms with Gasteiger partial charge in [0.15, 0.2) is 5.58 Å². The SMILES string of the molecule is CC#Cc1coc2cnc(C(=O)NC3CN4CC[C@H]3C4)cc12. The molecular formula is C17H17N3O2. The topological polar surface area (TPSA) is 58.4 Å². The van der Waals surface area contributed by atoms with Crippen molar-refractivity contribution in [2.24, 2.45) is 5.92 Å². The minimum atomic E-state index is -0.114. The fourth-order valence-electron chi connectivity index (χ4n) is 3.48. The standard InChI is InChI=1S/C17H17N3O2/c1-2-3-12-10-22-16-7-18-14(6-13(12)16)17(21)19-15-9-20-5-4-11(15)8-20/h6-7,10-11,15H,4-5,8-9H2,1H3,(H,19,21)/t11-,15?/m0/s1. The van der Waals surface area contributed by atoms with Crippen molar-refractivity contribution >= 4 is 16.9 Å². The number of rotatable bonds is 2. The summed E-state index contributed by atoms with van der Waals surface area (Å²) in [5.41, 5.74) is 1.87. The van der Waals surface area contributed by atoms with Gasteiger partial charge in [0.25, 0.3) is 5.91 Å². The lowest BCUT2D eigenvalue weighted by Crippen LogP contribution is -2.43. The van der Waals surface area contributed by atoms with Crippen LogP contribution in [0.3, 0.4) is 0 Å². The Morgan fingerprint density at radius 3 is 3.14 bits per heavy atom. The summed E-state index contributed by atoms with van der Waals surface area (Å²) in [6.07, 6.45) is 4.37. The first-order valence-corrected chi connectivity index (χ1v) is 7.58. The van der Waals surface area contributed by atoms with Crippen molar-refractivity contribution in [1.29, 1.82) is 0 Å². The van der Waals surface area contributed by atoms with Gasteiger partial charge in [0.05, 0.1) is 11.8 Å². The predicted octanol–water partition coefficient (Wildman–Crippen LogP) is 1.63. The number of furan rings is 1. The maximum atomic E-state index is 12.5. The van der Waals surface area contributed by atoms with Crippen molar-refractivity contribution in [1.82, 2.24) is 15.2 Å². The molecule has 3 atom stereocenters. The van der Waals surface area contributed by atoms with Gasteiger partial charge in [-0.1, -0.05) is 5.92 Å². The van der Waals surface area contributed by atoms with Crippen molar-refractivity contribution in [3.8, 4) is 11.8 Å². The summed E-state index contributed by atoms with van der Waals surface area (Å²) in [6.45, 7) is 5.00. The molecule has 0 aromatic carbocycles. The van der Waals surface area contributed by atoms with E-state index in [0.29, 0.717) is 17.2 Å². The molecule has 1 amide bonds. The smallest absolute Gasteiger partial charge is 0.270 e. The average molecular weight is 295 g/mol. The Morgan fingerprint density at radius 2 is 2.41 bits per heavy atom. The molecule has 22 heavy (non-hydrogen) atoms. The van der Waals surface area contributed by atoms with Crippen molar-refractivity contribution in [3.63, 3.8) is 0 Å². The second kappa shape index (κ2) is 5.15. The van der Waals surface area contributed by atoms with E-state index in [1.165, 1.54) is 6.42 Å². The highest BCUT2D eigenvalue weighted by molar-refractivity contribution is 5.97. The van der Waals surface area contributed by atoms with Gasteiger partial charge < -0.3 is 14.6 Å². The number of carbonyl (C=O) groups is 1. The summed E-state index contributed by atoms with van der Waals surface area (Å²) in [7, 11) is 0. The second-order valence-electron chi connectivity index (χ2n) is 5.98. The molecule has 2 unspecified atom stereocenters. The van der Waals surface area contributed by atoms with Gasteiger partial charge in [0, 0.05) is 24.5 Å². The summed E-state index contributed by atoms with van der Waals surface area (Å²) in [6, 6.07) is 2.01. The van der Waals surface area contributed by atoms with Crippen LogP contribution in [0.15, 0.2) is 22.9 Å². The summed E-state index contributed by atoms with van der Waals surface area (Å²) < 4.78 is 5.41. The summed E-state index contributed by atoms with van der Waals surface area (Å²) in [5.74, 6) is 6.31. The molecule has 2 aromatic heterocycles. The number of hydrogen-bond acceptors (Lipinski definition) is 4. The molecular weight excluding hydrogens is 278 g/mol. The molecule has 112 valence electrons. The molecule has 5 nitrogen and oxygen atoms in total. The van der Waals surface area contributed by atoms with Crippen LogP contribution in [-0.4, -0.2) is 41.5 Å². The van der Waals surface area contributed by atoms with E-state index in [1.807, 2.05) is 0 Å². The zero-order chi connectivity index (χ0) is 15.1. The molecule has 5 heteroatoms. The Bertz CT molecular complexity index is 799. The van der Waals surface area contributed by atoms with Gasteiger partial charge in [-0.3, -0.25) is 4.79 Å². The van der Waals surface area contributed by atoms with Crippen LogP contribution in [0.2, 0.25) is 0 Å². The van der Waals surface area contributed by atoms with Crippen LogP contribution in [0, 0.1) is 17.8 Å². The van der Waals surface area contributed by atoms with Crippen molar-refractivity contribution in [3.05, 3.63) is 29.8 Å². The average Bonchev–Trinajstić information content (AvgIpc) is 3.23. The van der Waals surface area contributed by atoms with E-state index < -0.39 is 0 Å². The van der Waals surface area contributed by atoms with Crippen LogP contribution in [0.4, 0.5) is 0 Å². The number of pyridine rings is 1. The molecule has 0 aliphatic carbocycles. The van der Waals surface area contributed by atoms with Gasteiger partial charge in [0.2, 0.25) is 0 Å². The van der Waals surface area contributed by atoms with Crippen LogP contribution >= 0.6 is 0 Å². The van der Waals surface area contributed by atoms with Crippen LogP contribution in [-0.2, 0) is 0 Å². The summed E-state index contributed by atoms with van der Waals surface area (Å²) in [4.78, 5) is 19.1. The van der Waals surface area contributed by atoms with E-state index in [0.717, 1.165) is 30.6 Å². The molecule has 0 spiro atoms. The zero-order valence-corrected chi connectivity index (χ0v) is 12.4. The van der Waals surface area contributed by atoms with E-state index in [1.54, 1.807) is 25.5 Å². The van der Waals surface area contributed by atoms with Crippen molar-refractivity contribution < 1.29 is 9.21 Å². The second-order valence-corrected chi connectivity index (χ2v) is 5.98. The highest BCUT2D eigenvalue weighted by atomic mass is 16.3. The van der Waals surface area contributed by atoms with E-state index in [9.17, 15) is 4.79 Å². The molecule has 2 saturated heterocycles. The number of carbonyl (C=O) groups excluding carboxylic acids is 1. The van der Waals surface area contributed by atoms with Gasteiger partial charge in [-0.25, -0.2) is 4.98 Å². The van der Waals surface area contributed by atoms with Crippen LogP contribution in [0.5, 0.6) is 0 Å². The number of aromatic nitrogens is 1. The monoisotopic (exact) mass is 295 g/mol. The van der Waals surface area contributed by atoms with Crippen LogP contribution in [0.25, 0.3) is 11.0 Å². The number of piperidine rings is 1. The van der Waals surface area contributed by atoms with Crippen molar-refractivity contribution in [2.45, 2.75) is 19.4 Å². The molecule has 2 aromatic rings. The van der Waals surface area contributed by atoms with Crippen LogP contribution < -0.4 is 5.32 Å². The molecule has 2 aliphatic rings. The minimum Gasteiger partial charge on any atom is -0.461 e. The highest BCUT2D eigenvalue weighted by Gasteiger charge is 2.38. The third-order valence-electron chi connectivity index (χ3n) is 4.60. The highest BCUT2D eigenvalue weighted by Crippen LogP contribution is 2.28. The third-order valence-corrected chi connectivity index (χ3v) is 4.60. The molecule has 1 N–H and O–H groups in total. The lowest BCUT2D eigenvalue weighted by Gasteiger charge is -2.22. The number of nitrogens with zero attached hydrogens (tertiary/aromatic N) is 2. The third kappa shape index (κ3) is 2.16. The molecule has 0 radical (unpaired) electrons. The number of fused-ring (bicyclic) bond motifs is 3. The number of nitrogens with one attached hydrogen (secondary N) is 1.